The van der Waals surface area contributed by atoms with E-state index in [1.807, 2.05) is 51.1 Å². The van der Waals surface area contributed by atoms with E-state index in [1.165, 1.54) is 6.26 Å². The number of hydrogen-bond donors (Lipinski definition) is 2. The second kappa shape index (κ2) is 7.94. The lowest BCUT2D eigenvalue weighted by molar-refractivity contribution is 0.0996. The number of aryl methyl sites for hydroxylation is 1. The topological polar surface area (TPSA) is 119 Å². The maximum Gasteiger partial charge on any atom is 0.326 e. The van der Waals surface area contributed by atoms with Gasteiger partial charge in [0.05, 0.1) is 17.3 Å². The molecule has 0 bridgehead atoms. The monoisotopic (exact) mass is 443 g/mol. The number of carbonyl (C=O) groups excluding carboxylic acids is 1. The van der Waals surface area contributed by atoms with E-state index in [0.717, 1.165) is 11.1 Å². The van der Waals surface area contributed by atoms with Crippen LogP contribution in [0.5, 0.6) is 0 Å². The van der Waals surface area contributed by atoms with Crippen molar-refractivity contribution < 1.29 is 13.7 Å². The van der Waals surface area contributed by atoms with Crippen LogP contribution in [0.1, 0.15) is 36.0 Å². The largest absolute Gasteiger partial charge is 0.459 e. The summed E-state index contributed by atoms with van der Waals surface area (Å²) in [5.74, 6) is 0.584. The van der Waals surface area contributed by atoms with Gasteiger partial charge < -0.3 is 19.2 Å². The molecule has 0 atom stereocenters. The fourth-order valence-electron chi connectivity index (χ4n) is 3.72. The zero-order valence-corrected chi connectivity index (χ0v) is 18.2. The van der Waals surface area contributed by atoms with Gasteiger partial charge in [0.25, 0.3) is 11.8 Å². The molecule has 166 valence electrons. The molecule has 1 amide bonds. The van der Waals surface area contributed by atoms with Gasteiger partial charge in [-0.1, -0.05) is 11.2 Å². The second-order valence-electron chi connectivity index (χ2n) is 8.01. The first kappa shape index (κ1) is 20.5. The highest BCUT2D eigenvalue weighted by Crippen LogP contribution is 2.28. The Balaban J connectivity index is 1.45. The van der Waals surface area contributed by atoms with Gasteiger partial charge in [0.15, 0.2) is 5.76 Å². The molecule has 0 unspecified atom stereocenters. The van der Waals surface area contributed by atoms with Crippen LogP contribution in [0.25, 0.3) is 33.9 Å². The first-order chi connectivity index (χ1) is 15.9. The third-order valence-electron chi connectivity index (χ3n) is 5.39. The molecule has 0 saturated carbocycles. The Morgan fingerprint density at radius 3 is 2.70 bits per heavy atom. The minimum absolute atomic E-state index is 0.0397. The van der Waals surface area contributed by atoms with Crippen molar-refractivity contribution >= 4 is 22.6 Å². The lowest BCUT2D eigenvalue weighted by Gasteiger charge is -2.08. The molecule has 0 fully saturated rings. The maximum absolute atomic E-state index is 12.4. The number of hydrogen-bond acceptors (Lipinski definition) is 6. The molecule has 0 aliphatic carbocycles. The molecule has 0 aliphatic heterocycles. The molecule has 33 heavy (non-hydrogen) atoms. The predicted molar refractivity (Wildman–Crippen MR) is 123 cm³/mol. The molecular weight excluding hydrogens is 422 g/mol. The van der Waals surface area contributed by atoms with E-state index in [-0.39, 0.29) is 23.4 Å². The normalized spacial score (nSPS) is 11.4. The van der Waals surface area contributed by atoms with Gasteiger partial charge in [-0.25, -0.2) is 4.79 Å². The molecule has 0 spiro atoms. The van der Waals surface area contributed by atoms with Crippen LogP contribution in [0.2, 0.25) is 0 Å². The van der Waals surface area contributed by atoms with Crippen LogP contribution in [0.15, 0.2) is 68.5 Å². The number of H-pyrrole nitrogens is 1. The van der Waals surface area contributed by atoms with E-state index < -0.39 is 0 Å². The van der Waals surface area contributed by atoms with Crippen LogP contribution in [0.4, 0.5) is 5.69 Å². The van der Waals surface area contributed by atoms with Gasteiger partial charge in [0.1, 0.15) is 0 Å². The molecule has 0 aliphatic rings. The average molecular weight is 443 g/mol. The Hall–Kier alpha value is -4.40. The molecule has 0 radical (unpaired) electrons. The highest BCUT2D eigenvalue weighted by molar-refractivity contribution is 6.02. The van der Waals surface area contributed by atoms with E-state index in [1.54, 1.807) is 22.8 Å². The average Bonchev–Trinajstić information content (AvgIpc) is 3.54. The van der Waals surface area contributed by atoms with Crippen LogP contribution in [0.3, 0.4) is 0 Å². The number of benzene rings is 2. The number of rotatable bonds is 5. The minimum Gasteiger partial charge on any atom is -0.459 e. The van der Waals surface area contributed by atoms with Crippen LogP contribution < -0.4 is 11.0 Å². The SMILES string of the molecule is Cc1ccc(-c2nc(-c3ccc4c(c3)[nH]c(=O)n4C(C)C)no2)cc1NC(=O)c1ccco1. The summed E-state index contributed by atoms with van der Waals surface area (Å²) in [6.45, 7) is 5.81. The quantitative estimate of drug-likeness (QED) is 0.403. The second-order valence-corrected chi connectivity index (χ2v) is 8.01. The number of imidazole rings is 1. The number of amides is 1. The van der Waals surface area contributed by atoms with Crippen LogP contribution >= 0.6 is 0 Å². The lowest BCUT2D eigenvalue weighted by atomic mass is 10.1. The van der Waals surface area contributed by atoms with Crippen molar-refractivity contribution in [2.24, 2.45) is 0 Å². The smallest absolute Gasteiger partial charge is 0.326 e. The van der Waals surface area contributed by atoms with Gasteiger partial charge in [0, 0.05) is 22.9 Å². The van der Waals surface area contributed by atoms with Gasteiger partial charge in [-0.2, -0.15) is 4.98 Å². The van der Waals surface area contributed by atoms with Gasteiger partial charge in [0.2, 0.25) is 5.82 Å². The highest BCUT2D eigenvalue weighted by atomic mass is 16.5. The van der Waals surface area contributed by atoms with Crippen LogP contribution in [0, 0.1) is 6.92 Å². The third kappa shape index (κ3) is 3.73. The molecule has 0 saturated heterocycles. The van der Waals surface area contributed by atoms with Crippen molar-refractivity contribution in [3.05, 3.63) is 76.6 Å². The number of carbonyl (C=O) groups is 1. The van der Waals surface area contributed by atoms with E-state index in [4.69, 9.17) is 8.94 Å². The summed E-state index contributed by atoms with van der Waals surface area (Å²) in [7, 11) is 0. The molecule has 5 rings (SSSR count). The van der Waals surface area contributed by atoms with E-state index in [0.29, 0.717) is 34.0 Å². The van der Waals surface area contributed by atoms with E-state index in [2.05, 4.69) is 20.4 Å². The van der Waals surface area contributed by atoms with Crippen LogP contribution in [-0.2, 0) is 0 Å². The molecule has 5 aromatic rings. The van der Waals surface area contributed by atoms with Crippen molar-refractivity contribution in [3.63, 3.8) is 0 Å². The summed E-state index contributed by atoms with van der Waals surface area (Å²) in [6.07, 6.45) is 1.45. The number of aromatic nitrogens is 4. The molecule has 2 N–H and O–H groups in total. The standard InChI is InChI=1S/C24H21N5O4/c1-13(2)29-19-9-8-15(11-18(19)26-24(29)31)21-27-23(33-28-21)16-7-6-14(3)17(12-16)25-22(30)20-5-4-10-32-20/h4-13H,1-3H3,(H,25,30)(H,26,31). The Morgan fingerprint density at radius 2 is 1.94 bits per heavy atom. The number of nitrogens with one attached hydrogen (secondary N) is 2. The summed E-state index contributed by atoms with van der Waals surface area (Å²) in [5, 5.41) is 6.94. The number of aromatic amines is 1. The molecule has 2 aromatic carbocycles. The van der Waals surface area contributed by atoms with Crippen molar-refractivity contribution in [2.45, 2.75) is 26.8 Å². The fourth-order valence-corrected chi connectivity index (χ4v) is 3.72. The highest BCUT2D eigenvalue weighted by Gasteiger charge is 2.16. The molecular formula is C24H21N5O4. The number of anilines is 1. The van der Waals surface area contributed by atoms with E-state index >= 15 is 0 Å². The molecule has 3 heterocycles. The zero-order valence-electron chi connectivity index (χ0n) is 18.2. The van der Waals surface area contributed by atoms with Crippen molar-refractivity contribution in [2.75, 3.05) is 5.32 Å². The Kier molecular flexibility index (Phi) is 4.93. The Labute approximate surface area is 188 Å². The maximum atomic E-state index is 12.4. The van der Waals surface area contributed by atoms with Crippen LogP contribution in [-0.4, -0.2) is 25.6 Å². The van der Waals surface area contributed by atoms with Gasteiger partial charge in [-0.15, -0.1) is 0 Å². The van der Waals surface area contributed by atoms with Gasteiger partial charge in [-0.05, 0) is 68.8 Å². The number of furan rings is 1. The summed E-state index contributed by atoms with van der Waals surface area (Å²) >= 11 is 0. The summed E-state index contributed by atoms with van der Waals surface area (Å²) in [5.41, 5.74) is 4.23. The zero-order chi connectivity index (χ0) is 23.1. The van der Waals surface area contributed by atoms with Crippen molar-refractivity contribution in [1.82, 2.24) is 19.7 Å². The summed E-state index contributed by atoms with van der Waals surface area (Å²) in [4.78, 5) is 32.0. The summed E-state index contributed by atoms with van der Waals surface area (Å²) < 4.78 is 12.3. The van der Waals surface area contributed by atoms with Gasteiger partial charge >= 0.3 is 5.69 Å². The lowest BCUT2D eigenvalue weighted by Crippen LogP contribution is -2.18. The first-order valence-corrected chi connectivity index (χ1v) is 10.4. The van der Waals surface area contributed by atoms with Crippen molar-refractivity contribution in [1.29, 1.82) is 0 Å². The summed E-state index contributed by atoms with van der Waals surface area (Å²) in [6, 6.07) is 14.3. The first-order valence-electron chi connectivity index (χ1n) is 10.4. The minimum atomic E-state index is -0.345. The van der Waals surface area contributed by atoms with Crippen molar-refractivity contribution in [3.8, 4) is 22.8 Å². The Morgan fingerprint density at radius 1 is 1.12 bits per heavy atom. The third-order valence-corrected chi connectivity index (χ3v) is 5.39. The molecule has 9 nitrogen and oxygen atoms in total. The fraction of sp³-hybridized carbons (Fsp3) is 0.167. The van der Waals surface area contributed by atoms with E-state index in [9.17, 15) is 9.59 Å². The predicted octanol–water partition coefficient (Wildman–Crippen LogP) is 4.78. The Bertz CT molecular complexity index is 1520. The molecule has 3 aromatic heterocycles. The molecule has 9 heteroatoms. The number of fused-ring (bicyclic) bond motifs is 1. The van der Waals surface area contributed by atoms with Gasteiger partial charge in [-0.3, -0.25) is 9.36 Å². The number of nitrogens with zero attached hydrogens (tertiary/aromatic N) is 3.